The van der Waals surface area contributed by atoms with Gasteiger partial charge in [0.15, 0.2) is 0 Å². The van der Waals surface area contributed by atoms with Crippen LogP contribution < -0.4 is 5.32 Å². The molecule has 0 saturated heterocycles. The first-order valence-electron chi connectivity index (χ1n) is 5.70. The van der Waals surface area contributed by atoms with Crippen LogP contribution in [-0.2, 0) is 4.79 Å². The van der Waals surface area contributed by atoms with Crippen LogP contribution in [0.4, 0.5) is 0 Å². The molecule has 0 radical (unpaired) electrons. The maximum Gasteiger partial charge on any atom is 0.306 e. The molecule has 1 aliphatic rings. The largest absolute Gasteiger partial charge is 0.481 e. The zero-order valence-corrected chi connectivity index (χ0v) is 8.96. The summed E-state index contributed by atoms with van der Waals surface area (Å²) >= 11 is 0. The first-order valence-corrected chi connectivity index (χ1v) is 5.70. The van der Waals surface area contributed by atoms with E-state index in [1.54, 1.807) is 0 Å². The van der Waals surface area contributed by atoms with Crippen molar-refractivity contribution in [1.29, 1.82) is 0 Å². The lowest BCUT2D eigenvalue weighted by Gasteiger charge is -2.27. The van der Waals surface area contributed by atoms with Crippen molar-refractivity contribution in [3.05, 3.63) is 0 Å². The maximum atomic E-state index is 10.8. The number of nitrogens with one attached hydrogen (secondary N) is 1. The molecule has 0 amide bonds. The molecule has 2 unspecified atom stereocenters. The predicted molar refractivity (Wildman–Crippen MR) is 56.3 cm³/mol. The van der Waals surface area contributed by atoms with Crippen molar-refractivity contribution in [3.8, 4) is 0 Å². The summed E-state index contributed by atoms with van der Waals surface area (Å²) in [6, 6.07) is 0.441. The van der Waals surface area contributed by atoms with Crippen molar-refractivity contribution in [3.63, 3.8) is 0 Å². The van der Waals surface area contributed by atoms with Gasteiger partial charge in [0.25, 0.3) is 0 Å². The van der Waals surface area contributed by atoms with E-state index in [0.29, 0.717) is 6.04 Å². The van der Waals surface area contributed by atoms with Gasteiger partial charge in [0, 0.05) is 6.04 Å². The Kier molecular flexibility index (Phi) is 4.94. The highest BCUT2D eigenvalue weighted by molar-refractivity contribution is 5.70. The van der Waals surface area contributed by atoms with Crippen LogP contribution in [0, 0.1) is 5.92 Å². The molecule has 0 spiro atoms. The quantitative estimate of drug-likeness (QED) is 0.666. The summed E-state index contributed by atoms with van der Waals surface area (Å²) in [5, 5.41) is 12.3. The van der Waals surface area contributed by atoms with Crippen molar-refractivity contribution in [2.45, 2.75) is 51.5 Å². The number of carboxylic acids is 1. The second-order valence-corrected chi connectivity index (χ2v) is 4.21. The number of carbonyl (C=O) groups is 1. The lowest BCUT2D eigenvalue weighted by molar-refractivity contribution is -0.143. The van der Waals surface area contributed by atoms with Gasteiger partial charge in [0.2, 0.25) is 0 Å². The van der Waals surface area contributed by atoms with Crippen LogP contribution in [0.5, 0.6) is 0 Å². The molecular weight excluding hydrogens is 178 g/mol. The van der Waals surface area contributed by atoms with Crippen LogP contribution in [0.2, 0.25) is 0 Å². The van der Waals surface area contributed by atoms with E-state index >= 15 is 0 Å². The fraction of sp³-hybridized carbons (Fsp3) is 0.909. The van der Waals surface area contributed by atoms with E-state index in [0.717, 1.165) is 32.2 Å². The van der Waals surface area contributed by atoms with Gasteiger partial charge in [-0.15, -0.1) is 0 Å². The summed E-state index contributed by atoms with van der Waals surface area (Å²) in [5.41, 5.74) is 0. The molecule has 14 heavy (non-hydrogen) atoms. The average Bonchev–Trinajstić information content (AvgIpc) is 2.19. The van der Waals surface area contributed by atoms with Crippen molar-refractivity contribution in [1.82, 2.24) is 5.32 Å². The third kappa shape index (κ3) is 3.66. The van der Waals surface area contributed by atoms with E-state index in [-0.39, 0.29) is 5.92 Å². The van der Waals surface area contributed by atoms with Gasteiger partial charge >= 0.3 is 5.97 Å². The molecule has 2 N–H and O–H groups in total. The highest BCUT2D eigenvalue weighted by atomic mass is 16.4. The molecule has 1 aliphatic carbocycles. The molecule has 0 heterocycles. The topological polar surface area (TPSA) is 49.3 Å². The summed E-state index contributed by atoms with van der Waals surface area (Å²) in [6.07, 6.45) is 6.27. The Morgan fingerprint density at radius 3 is 2.93 bits per heavy atom. The number of unbranched alkanes of at least 4 members (excludes halogenated alkanes) is 1. The van der Waals surface area contributed by atoms with Gasteiger partial charge in [-0.25, -0.2) is 0 Å². The maximum absolute atomic E-state index is 10.8. The fourth-order valence-corrected chi connectivity index (χ4v) is 2.08. The van der Waals surface area contributed by atoms with Gasteiger partial charge in [-0.1, -0.05) is 19.8 Å². The van der Waals surface area contributed by atoms with Crippen LogP contribution in [-0.4, -0.2) is 23.7 Å². The summed E-state index contributed by atoms with van der Waals surface area (Å²) < 4.78 is 0. The minimum Gasteiger partial charge on any atom is -0.481 e. The number of carboxylic acid groups (broad SMARTS) is 1. The zero-order chi connectivity index (χ0) is 10.4. The SMILES string of the molecule is CCCCNC1CCCC(C(=O)O)C1. The van der Waals surface area contributed by atoms with Crippen molar-refractivity contribution >= 4 is 5.97 Å². The number of rotatable bonds is 5. The summed E-state index contributed by atoms with van der Waals surface area (Å²) in [4.78, 5) is 10.8. The Hall–Kier alpha value is -0.570. The molecule has 0 aromatic rings. The smallest absolute Gasteiger partial charge is 0.306 e. The summed E-state index contributed by atoms with van der Waals surface area (Å²) in [5.74, 6) is -0.727. The Morgan fingerprint density at radius 1 is 1.50 bits per heavy atom. The number of hydrogen-bond donors (Lipinski definition) is 2. The van der Waals surface area contributed by atoms with E-state index in [2.05, 4.69) is 12.2 Å². The molecule has 82 valence electrons. The summed E-state index contributed by atoms with van der Waals surface area (Å²) in [6.45, 7) is 3.20. The molecule has 3 heteroatoms. The Labute approximate surface area is 85.9 Å². The first-order chi connectivity index (χ1) is 6.74. The van der Waals surface area contributed by atoms with Gasteiger partial charge in [0.05, 0.1) is 5.92 Å². The fourth-order valence-electron chi connectivity index (χ4n) is 2.08. The third-order valence-corrected chi connectivity index (χ3v) is 2.99. The molecule has 1 fully saturated rings. The third-order valence-electron chi connectivity index (χ3n) is 2.99. The van der Waals surface area contributed by atoms with Crippen LogP contribution in [0.3, 0.4) is 0 Å². The molecule has 0 aromatic heterocycles. The van der Waals surface area contributed by atoms with E-state index in [4.69, 9.17) is 5.11 Å². The number of hydrogen-bond acceptors (Lipinski definition) is 2. The lowest BCUT2D eigenvalue weighted by Crippen LogP contribution is -2.36. The Balaban J connectivity index is 2.22. The minimum atomic E-state index is -0.619. The molecule has 2 atom stereocenters. The minimum absolute atomic E-state index is 0.108. The van der Waals surface area contributed by atoms with Crippen molar-refractivity contribution in [2.75, 3.05) is 6.54 Å². The van der Waals surface area contributed by atoms with E-state index in [1.165, 1.54) is 12.8 Å². The highest BCUT2D eigenvalue weighted by Gasteiger charge is 2.26. The normalized spacial score (nSPS) is 27.5. The van der Waals surface area contributed by atoms with E-state index in [9.17, 15) is 4.79 Å². The van der Waals surface area contributed by atoms with E-state index in [1.807, 2.05) is 0 Å². The van der Waals surface area contributed by atoms with Crippen LogP contribution in [0.25, 0.3) is 0 Å². The van der Waals surface area contributed by atoms with Crippen molar-refractivity contribution < 1.29 is 9.90 Å². The number of aliphatic carboxylic acids is 1. The Bertz CT molecular complexity index is 182. The predicted octanol–water partition coefficient (Wildman–Crippen LogP) is 2.02. The average molecular weight is 199 g/mol. The van der Waals surface area contributed by atoms with Crippen LogP contribution in [0.15, 0.2) is 0 Å². The molecule has 1 saturated carbocycles. The molecule has 0 bridgehead atoms. The van der Waals surface area contributed by atoms with Gasteiger partial charge in [-0.05, 0) is 32.2 Å². The molecule has 0 aliphatic heterocycles. The second-order valence-electron chi connectivity index (χ2n) is 4.21. The zero-order valence-electron chi connectivity index (χ0n) is 8.96. The van der Waals surface area contributed by atoms with Crippen LogP contribution >= 0.6 is 0 Å². The lowest BCUT2D eigenvalue weighted by atomic mass is 9.86. The standard InChI is InChI=1S/C11H21NO2/c1-2-3-7-12-10-6-4-5-9(8-10)11(13)14/h9-10,12H,2-8H2,1H3,(H,13,14). The first kappa shape index (κ1) is 11.5. The van der Waals surface area contributed by atoms with Gasteiger partial charge in [-0.3, -0.25) is 4.79 Å². The second kappa shape index (κ2) is 6.02. The van der Waals surface area contributed by atoms with E-state index < -0.39 is 5.97 Å². The van der Waals surface area contributed by atoms with Crippen molar-refractivity contribution in [2.24, 2.45) is 5.92 Å². The highest BCUT2D eigenvalue weighted by Crippen LogP contribution is 2.24. The summed E-state index contributed by atoms with van der Waals surface area (Å²) in [7, 11) is 0. The van der Waals surface area contributed by atoms with Gasteiger partial charge in [-0.2, -0.15) is 0 Å². The molecule has 1 rings (SSSR count). The van der Waals surface area contributed by atoms with Gasteiger partial charge < -0.3 is 10.4 Å². The molecular formula is C11H21NO2. The Morgan fingerprint density at radius 2 is 2.29 bits per heavy atom. The van der Waals surface area contributed by atoms with Gasteiger partial charge in [0.1, 0.15) is 0 Å². The molecule has 0 aromatic carbocycles. The van der Waals surface area contributed by atoms with Crippen LogP contribution in [0.1, 0.15) is 45.4 Å². The monoisotopic (exact) mass is 199 g/mol. The molecule has 3 nitrogen and oxygen atoms in total.